The van der Waals surface area contributed by atoms with Crippen molar-refractivity contribution in [3.8, 4) is 0 Å². The summed E-state index contributed by atoms with van der Waals surface area (Å²) in [6.45, 7) is 4.30. The van der Waals surface area contributed by atoms with E-state index in [2.05, 4.69) is 10.0 Å². The first-order chi connectivity index (χ1) is 7.52. The average Bonchev–Trinajstić information content (AvgIpc) is 2.07. The molecule has 0 rings (SSSR count). The van der Waals surface area contributed by atoms with Crippen LogP contribution in [0.2, 0.25) is 0 Å². The molecule has 100 valence electrons. The molecular weight excluding hydrogens is 248 g/mol. The lowest BCUT2D eigenvalue weighted by atomic mass is 10.0. The summed E-state index contributed by atoms with van der Waals surface area (Å²) < 4.78 is 25.1. The number of aliphatic carboxylic acids is 1. The van der Waals surface area contributed by atoms with Crippen molar-refractivity contribution in [3.05, 3.63) is 0 Å². The zero-order valence-corrected chi connectivity index (χ0v) is 10.9. The lowest BCUT2D eigenvalue weighted by molar-refractivity contribution is -0.137. The summed E-state index contributed by atoms with van der Waals surface area (Å²) in [5.41, 5.74) is -0.413. The molecule has 0 bridgehead atoms. The average molecular weight is 266 g/mol. The number of rotatable bonds is 6. The highest BCUT2D eigenvalue weighted by atomic mass is 32.2. The Morgan fingerprint density at radius 1 is 1.18 bits per heavy atom. The van der Waals surface area contributed by atoms with Gasteiger partial charge in [-0.2, -0.15) is 0 Å². The maximum absolute atomic E-state index is 11.5. The van der Waals surface area contributed by atoms with Crippen molar-refractivity contribution in [2.75, 3.05) is 18.8 Å². The van der Waals surface area contributed by atoms with E-state index in [1.54, 1.807) is 20.8 Å². The van der Waals surface area contributed by atoms with Crippen molar-refractivity contribution in [2.45, 2.75) is 20.8 Å². The molecule has 3 N–H and O–H groups in total. The van der Waals surface area contributed by atoms with Gasteiger partial charge in [0, 0.05) is 0 Å². The molecule has 17 heavy (non-hydrogen) atoms. The van der Waals surface area contributed by atoms with Crippen LogP contribution in [0.5, 0.6) is 0 Å². The SMILES string of the molecule is CC(C)(C)CS(=O)(=O)NCC(=O)NCC(=O)O. The highest BCUT2D eigenvalue weighted by Crippen LogP contribution is 2.14. The van der Waals surface area contributed by atoms with Crippen molar-refractivity contribution >= 4 is 21.9 Å². The summed E-state index contributed by atoms with van der Waals surface area (Å²) in [6, 6.07) is 0. The predicted octanol–water partition coefficient (Wildman–Crippen LogP) is -0.847. The Hall–Kier alpha value is -1.15. The first-order valence-corrected chi connectivity index (χ1v) is 6.63. The number of carbonyl (C=O) groups is 2. The van der Waals surface area contributed by atoms with E-state index in [9.17, 15) is 18.0 Å². The Morgan fingerprint density at radius 2 is 1.71 bits per heavy atom. The molecule has 8 heteroatoms. The van der Waals surface area contributed by atoms with Crippen LogP contribution in [-0.4, -0.2) is 44.2 Å². The van der Waals surface area contributed by atoms with Crippen LogP contribution in [0, 0.1) is 5.41 Å². The Kier molecular flexibility index (Phi) is 5.56. The highest BCUT2D eigenvalue weighted by molar-refractivity contribution is 7.89. The van der Waals surface area contributed by atoms with E-state index in [0.29, 0.717) is 0 Å². The summed E-state index contributed by atoms with van der Waals surface area (Å²) in [5, 5.41) is 10.3. The van der Waals surface area contributed by atoms with Crippen LogP contribution in [0.3, 0.4) is 0 Å². The first-order valence-electron chi connectivity index (χ1n) is 4.98. The summed E-state index contributed by atoms with van der Waals surface area (Å²) in [7, 11) is -3.53. The Balaban J connectivity index is 4.11. The molecule has 1 amide bonds. The molecule has 0 saturated carbocycles. The Labute approximate surface area is 101 Å². The number of hydrogen-bond acceptors (Lipinski definition) is 4. The van der Waals surface area contributed by atoms with Gasteiger partial charge in [-0.05, 0) is 5.41 Å². The van der Waals surface area contributed by atoms with E-state index < -0.39 is 40.4 Å². The quantitative estimate of drug-likeness (QED) is 0.580. The fourth-order valence-electron chi connectivity index (χ4n) is 1.03. The first kappa shape index (κ1) is 15.9. The van der Waals surface area contributed by atoms with E-state index in [1.165, 1.54) is 0 Å². The van der Waals surface area contributed by atoms with E-state index >= 15 is 0 Å². The number of carboxylic acids is 1. The van der Waals surface area contributed by atoms with Crippen LogP contribution >= 0.6 is 0 Å². The normalized spacial score (nSPS) is 12.2. The largest absolute Gasteiger partial charge is 0.480 e. The molecule has 0 atom stereocenters. The van der Waals surface area contributed by atoms with Crippen LogP contribution < -0.4 is 10.0 Å². The van der Waals surface area contributed by atoms with Crippen molar-refractivity contribution in [2.24, 2.45) is 5.41 Å². The molecular formula is C9H18N2O5S. The maximum Gasteiger partial charge on any atom is 0.322 e. The van der Waals surface area contributed by atoms with E-state index in [4.69, 9.17) is 5.11 Å². The molecule has 0 aliphatic heterocycles. The third-order valence-electron chi connectivity index (χ3n) is 1.51. The standard InChI is InChI=1S/C9H18N2O5S/c1-9(2,3)6-17(15,16)11-4-7(12)10-5-8(13)14/h11H,4-6H2,1-3H3,(H,10,12)(H,13,14). The molecule has 0 aliphatic carbocycles. The van der Waals surface area contributed by atoms with Gasteiger partial charge in [0.25, 0.3) is 0 Å². The zero-order valence-electron chi connectivity index (χ0n) is 10.1. The minimum absolute atomic E-state index is 0.105. The van der Waals surface area contributed by atoms with E-state index in [-0.39, 0.29) is 5.75 Å². The molecule has 0 fully saturated rings. The summed E-state index contributed by atoms with van der Waals surface area (Å²) >= 11 is 0. The Morgan fingerprint density at radius 3 is 2.12 bits per heavy atom. The minimum atomic E-state index is -3.53. The number of hydrogen-bond donors (Lipinski definition) is 3. The van der Waals surface area contributed by atoms with E-state index in [1.807, 2.05) is 0 Å². The van der Waals surface area contributed by atoms with Gasteiger partial charge in [-0.15, -0.1) is 0 Å². The lowest BCUT2D eigenvalue weighted by Crippen LogP contribution is -2.41. The molecule has 0 heterocycles. The minimum Gasteiger partial charge on any atom is -0.480 e. The number of amides is 1. The molecule has 0 saturated heterocycles. The van der Waals surface area contributed by atoms with Crippen LogP contribution in [0.25, 0.3) is 0 Å². The monoisotopic (exact) mass is 266 g/mol. The van der Waals surface area contributed by atoms with Gasteiger partial charge >= 0.3 is 5.97 Å². The van der Waals surface area contributed by atoms with Gasteiger partial charge in [0.05, 0.1) is 12.3 Å². The highest BCUT2D eigenvalue weighted by Gasteiger charge is 2.21. The molecule has 0 radical (unpaired) electrons. The second kappa shape index (κ2) is 5.97. The molecule has 0 aromatic heterocycles. The van der Waals surface area contributed by atoms with Crippen LogP contribution in [0.15, 0.2) is 0 Å². The molecule has 0 aromatic carbocycles. The van der Waals surface area contributed by atoms with Gasteiger partial charge in [-0.3, -0.25) is 9.59 Å². The lowest BCUT2D eigenvalue weighted by Gasteiger charge is -2.18. The number of carbonyl (C=O) groups excluding carboxylic acids is 1. The second-order valence-electron chi connectivity index (χ2n) is 4.81. The number of nitrogens with one attached hydrogen (secondary N) is 2. The van der Waals surface area contributed by atoms with Gasteiger partial charge in [-0.1, -0.05) is 20.8 Å². The van der Waals surface area contributed by atoms with Crippen molar-refractivity contribution in [1.82, 2.24) is 10.0 Å². The van der Waals surface area contributed by atoms with Crippen molar-refractivity contribution < 1.29 is 23.1 Å². The molecule has 0 aliphatic rings. The van der Waals surface area contributed by atoms with Gasteiger partial charge < -0.3 is 10.4 Å². The Bertz CT molecular complexity index is 383. The van der Waals surface area contributed by atoms with Gasteiger partial charge in [0.1, 0.15) is 6.54 Å². The molecule has 0 aromatic rings. The van der Waals surface area contributed by atoms with Crippen LogP contribution in [0.4, 0.5) is 0 Å². The third-order valence-corrected chi connectivity index (χ3v) is 3.34. The van der Waals surface area contributed by atoms with E-state index in [0.717, 1.165) is 0 Å². The molecule has 0 unspecified atom stereocenters. The van der Waals surface area contributed by atoms with Gasteiger partial charge in [0.2, 0.25) is 15.9 Å². The molecule has 0 spiro atoms. The smallest absolute Gasteiger partial charge is 0.322 e. The summed E-state index contributed by atoms with van der Waals surface area (Å²) in [6.07, 6.45) is 0. The predicted molar refractivity (Wildman–Crippen MR) is 61.9 cm³/mol. The number of sulfonamides is 1. The van der Waals surface area contributed by atoms with Crippen LogP contribution in [0.1, 0.15) is 20.8 Å². The summed E-state index contributed by atoms with van der Waals surface area (Å²) in [5.74, 6) is -1.97. The molecule has 7 nitrogen and oxygen atoms in total. The third kappa shape index (κ3) is 9.76. The van der Waals surface area contributed by atoms with Crippen molar-refractivity contribution in [1.29, 1.82) is 0 Å². The fraction of sp³-hybridized carbons (Fsp3) is 0.778. The van der Waals surface area contributed by atoms with Gasteiger partial charge in [0.15, 0.2) is 0 Å². The summed E-state index contributed by atoms with van der Waals surface area (Å²) in [4.78, 5) is 21.2. The van der Waals surface area contributed by atoms with Gasteiger partial charge in [-0.25, -0.2) is 13.1 Å². The number of carboxylic acid groups (broad SMARTS) is 1. The second-order valence-corrected chi connectivity index (χ2v) is 6.62. The zero-order chi connectivity index (χ0) is 13.7. The fourth-order valence-corrected chi connectivity index (χ4v) is 2.63. The maximum atomic E-state index is 11.5. The van der Waals surface area contributed by atoms with Crippen LogP contribution in [-0.2, 0) is 19.6 Å². The topological polar surface area (TPSA) is 113 Å². The van der Waals surface area contributed by atoms with Crippen molar-refractivity contribution in [3.63, 3.8) is 0 Å².